The van der Waals surface area contributed by atoms with E-state index in [4.69, 9.17) is 19.3 Å². The molecule has 1 atom stereocenters. The number of amides is 1. The fourth-order valence-corrected chi connectivity index (χ4v) is 3.70. The highest BCUT2D eigenvalue weighted by Crippen LogP contribution is 2.27. The first kappa shape index (κ1) is 22.0. The lowest BCUT2D eigenvalue weighted by atomic mass is 10.1. The van der Waals surface area contributed by atoms with Gasteiger partial charge in [-0.05, 0) is 43.5 Å². The number of hydrogen-bond acceptors (Lipinski definition) is 5. The van der Waals surface area contributed by atoms with Gasteiger partial charge in [0.05, 0.1) is 31.1 Å². The molecule has 1 saturated heterocycles. The highest BCUT2D eigenvalue weighted by Gasteiger charge is 2.19. The Bertz CT molecular complexity index is 1010. The second-order valence-corrected chi connectivity index (χ2v) is 7.72. The van der Waals surface area contributed by atoms with Crippen LogP contribution in [0.25, 0.3) is 16.9 Å². The van der Waals surface area contributed by atoms with Crippen LogP contribution in [0.15, 0.2) is 60.8 Å². The van der Waals surface area contributed by atoms with E-state index in [0.717, 1.165) is 37.1 Å². The molecule has 1 amide bonds. The van der Waals surface area contributed by atoms with Crippen molar-refractivity contribution in [3.05, 3.63) is 66.4 Å². The highest BCUT2D eigenvalue weighted by atomic mass is 16.5. The second-order valence-electron chi connectivity index (χ2n) is 7.72. The maximum atomic E-state index is 13.0. The number of nitrogens with zero attached hydrogens (tertiary/aromatic N) is 2. The molecule has 0 saturated carbocycles. The van der Waals surface area contributed by atoms with Gasteiger partial charge >= 0.3 is 0 Å². The average molecular weight is 436 g/mol. The van der Waals surface area contributed by atoms with Crippen molar-refractivity contribution in [2.75, 3.05) is 33.5 Å². The molecule has 32 heavy (non-hydrogen) atoms. The van der Waals surface area contributed by atoms with E-state index in [-0.39, 0.29) is 12.0 Å². The zero-order chi connectivity index (χ0) is 22.2. The van der Waals surface area contributed by atoms with Crippen LogP contribution in [0.3, 0.4) is 0 Å². The quantitative estimate of drug-likeness (QED) is 0.490. The van der Waals surface area contributed by atoms with E-state index in [1.165, 1.54) is 0 Å². The van der Waals surface area contributed by atoms with Gasteiger partial charge in [-0.3, -0.25) is 4.79 Å². The standard InChI is InChI=1S/C25H29N3O4/c1-30-21-11-5-8-19(16-21)24-23(17-28(27-24)20-9-3-2-4-10-20)25(29)26-13-7-14-31-18-22-12-6-15-32-22/h2-5,8-11,16-17,22H,6-7,12-15,18H2,1H3,(H,26,29). The summed E-state index contributed by atoms with van der Waals surface area (Å²) in [4.78, 5) is 13.0. The van der Waals surface area contributed by atoms with Crippen LogP contribution in [0.5, 0.6) is 5.75 Å². The monoisotopic (exact) mass is 435 g/mol. The zero-order valence-corrected chi connectivity index (χ0v) is 18.3. The minimum Gasteiger partial charge on any atom is -0.497 e. The van der Waals surface area contributed by atoms with Gasteiger partial charge in [0.2, 0.25) is 0 Å². The number of carbonyl (C=O) groups excluding carboxylic acids is 1. The molecule has 1 fully saturated rings. The topological polar surface area (TPSA) is 74.6 Å². The maximum Gasteiger partial charge on any atom is 0.255 e. The van der Waals surface area contributed by atoms with E-state index in [2.05, 4.69) is 5.32 Å². The minimum atomic E-state index is -0.163. The van der Waals surface area contributed by atoms with Crippen molar-refractivity contribution in [3.8, 4) is 22.7 Å². The van der Waals surface area contributed by atoms with Gasteiger partial charge in [-0.2, -0.15) is 5.10 Å². The molecular weight excluding hydrogens is 406 g/mol. The van der Waals surface area contributed by atoms with Gasteiger partial charge in [0.1, 0.15) is 11.4 Å². The first-order valence-corrected chi connectivity index (χ1v) is 11.0. The number of aromatic nitrogens is 2. The van der Waals surface area contributed by atoms with Crippen molar-refractivity contribution in [3.63, 3.8) is 0 Å². The van der Waals surface area contributed by atoms with Crippen molar-refractivity contribution < 1.29 is 19.0 Å². The summed E-state index contributed by atoms with van der Waals surface area (Å²) in [5.74, 6) is 0.552. The van der Waals surface area contributed by atoms with E-state index in [9.17, 15) is 4.79 Å². The number of nitrogens with one attached hydrogen (secondary N) is 1. The maximum absolute atomic E-state index is 13.0. The van der Waals surface area contributed by atoms with Crippen LogP contribution < -0.4 is 10.1 Å². The summed E-state index contributed by atoms with van der Waals surface area (Å²) in [6.07, 6.45) is 4.90. The molecule has 168 valence electrons. The van der Waals surface area contributed by atoms with E-state index < -0.39 is 0 Å². The summed E-state index contributed by atoms with van der Waals surface area (Å²) in [6, 6.07) is 17.3. The lowest BCUT2D eigenvalue weighted by molar-refractivity contribution is 0.0166. The Morgan fingerprint density at radius 1 is 1.22 bits per heavy atom. The largest absolute Gasteiger partial charge is 0.497 e. The van der Waals surface area contributed by atoms with E-state index in [0.29, 0.717) is 36.8 Å². The summed E-state index contributed by atoms with van der Waals surface area (Å²) in [7, 11) is 1.62. The van der Waals surface area contributed by atoms with E-state index in [1.807, 2.05) is 54.6 Å². The number of benzene rings is 2. The van der Waals surface area contributed by atoms with Gasteiger partial charge < -0.3 is 19.5 Å². The number of ether oxygens (including phenoxy) is 3. The number of carbonyl (C=O) groups is 1. The van der Waals surface area contributed by atoms with Crippen LogP contribution in [0.2, 0.25) is 0 Å². The van der Waals surface area contributed by atoms with Gasteiger partial charge in [-0.15, -0.1) is 0 Å². The second kappa shape index (κ2) is 10.9. The molecule has 7 heteroatoms. The number of methoxy groups -OCH3 is 1. The van der Waals surface area contributed by atoms with Crippen LogP contribution in [0.1, 0.15) is 29.6 Å². The molecule has 4 rings (SSSR count). The van der Waals surface area contributed by atoms with Gasteiger partial charge in [0, 0.05) is 31.5 Å². The molecule has 1 unspecified atom stereocenters. The Kier molecular flexibility index (Phi) is 7.53. The van der Waals surface area contributed by atoms with Crippen molar-refractivity contribution in [2.24, 2.45) is 0 Å². The lowest BCUT2D eigenvalue weighted by Gasteiger charge is -2.10. The molecule has 1 aliphatic heterocycles. The normalized spacial score (nSPS) is 15.6. The molecular formula is C25H29N3O4. The SMILES string of the molecule is COc1cccc(-c2nn(-c3ccccc3)cc2C(=O)NCCCOCC2CCCO2)c1. The van der Waals surface area contributed by atoms with Crippen LogP contribution in [0, 0.1) is 0 Å². The molecule has 0 aliphatic carbocycles. The smallest absolute Gasteiger partial charge is 0.255 e. The Morgan fingerprint density at radius 3 is 2.88 bits per heavy atom. The minimum absolute atomic E-state index is 0.163. The van der Waals surface area contributed by atoms with Crippen LogP contribution >= 0.6 is 0 Å². The third-order valence-corrected chi connectivity index (χ3v) is 5.40. The summed E-state index contributed by atoms with van der Waals surface area (Å²) in [5, 5.41) is 7.71. The highest BCUT2D eigenvalue weighted by molar-refractivity contribution is 6.00. The van der Waals surface area contributed by atoms with Gasteiger partial charge in [0.25, 0.3) is 5.91 Å². The zero-order valence-electron chi connectivity index (χ0n) is 18.3. The van der Waals surface area contributed by atoms with Crippen molar-refractivity contribution in [1.82, 2.24) is 15.1 Å². The molecule has 3 aromatic rings. The van der Waals surface area contributed by atoms with Crippen molar-refractivity contribution in [1.29, 1.82) is 0 Å². The Labute approximate surface area is 188 Å². The van der Waals surface area contributed by atoms with Crippen LogP contribution in [-0.4, -0.2) is 55.3 Å². The molecule has 1 aromatic heterocycles. The molecule has 0 spiro atoms. The molecule has 7 nitrogen and oxygen atoms in total. The number of para-hydroxylation sites is 1. The predicted molar refractivity (Wildman–Crippen MR) is 122 cm³/mol. The van der Waals surface area contributed by atoms with Crippen LogP contribution in [0.4, 0.5) is 0 Å². The molecule has 2 heterocycles. The average Bonchev–Trinajstić information content (AvgIpc) is 3.52. The fraction of sp³-hybridized carbons (Fsp3) is 0.360. The summed E-state index contributed by atoms with van der Waals surface area (Å²) < 4.78 is 18.3. The van der Waals surface area contributed by atoms with Gasteiger partial charge in [-0.25, -0.2) is 4.68 Å². The van der Waals surface area contributed by atoms with Gasteiger partial charge in [-0.1, -0.05) is 30.3 Å². The molecule has 0 bridgehead atoms. The molecule has 2 aromatic carbocycles. The molecule has 0 radical (unpaired) electrons. The fourth-order valence-electron chi connectivity index (χ4n) is 3.70. The van der Waals surface area contributed by atoms with Crippen LogP contribution in [-0.2, 0) is 9.47 Å². The predicted octanol–water partition coefficient (Wildman–Crippen LogP) is 3.86. The first-order chi connectivity index (χ1) is 15.7. The Balaban J connectivity index is 1.43. The third kappa shape index (κ3) is 5.55. The number of rotatable bonds is 10. The van der Waals surface area contributed by atoms with E-state index >= 15 is 0 Å². The Hall–Kier alpha value is -3.16. The Morgan fingerprint density at radius 2 is 2.09 bits per heavy atom. The lowest BCUT2D eigenvalue weighted by Crippen LogP contribution is -2.26. The third-order valence-electron chi connectivity index (χ3n) is 5.40. The summed E-state index contributed by atoms with van der Waals surface area (Å²) in [6.45, 7) is 2.57. The molecule has 1 N–H and O–H groups in total. The van der Waals surface area contributed by atoms with E-state index in [1.54, 1.807) is 18.0 Å². The summed E-state index contributed by atoms with van der Waals surface area (Å²) in [5.41, 5.74) is 2.84. The molecule has 1 aliphatic rings. The van der Waals surface area contributed by atoms with Gasteiger partial charge in [0.15, 0.2) is 0 Å². The first-order valence-electron chi connectivity index (χ1n) is 11.0. The number of hydrogen-bond donors (Lipinski definition) is 1. The van der Waals surface area contributed by atoms with Crippen molar-refractivity contribution >= 4 is 5.91 Å². The summed E-state index contributed by atoms with van der Waals surface area (Å²) >= 11 is 0. The van der Waals surface area contributed by atoms with Crippen molar-refractivity contribution in [2.45, 2.75) is 25.4 Å².